The quantitative estimate of drug-likeness (QED) is 0.867. The molecule has 0 saturated carbocycles. The van der Waals surface area contributed by atoms with Gasteiger partial charge in [-0.2, -0.15) is 0 Å². The van der Waals surface area contributed by atoms with Crippen molar-refractivity contribution in [3.05, 3.63) is 23.8 Å². The number of hydrogen-bond donors (Lipinski definition) is 2. The lowest BCUT2D eigenvalue weighted by Crippen LogP contribution is -2.37. The summed E-state index contributed by atoms with van der Waals surface area (Å²) in [5, 5.41) is 6.28. The number of methoxy groups -OCH3 is 2. The molecular formula is C14H21ClN2O3. The van der Waals surface area contributed by atoms with Gasteiger partial charge in [0.1, 0.15) is 11.5 Å². The average Bonchev–Trinajstić information content (AvgIpc) is 2.97. The Hall–Kier alpha value is -1.46. The molecule has 1 saturated heterocycles. The lowest BCUT2D eigenvalue weighted by atomic mass is 10.1. The van der Waals surface area contributed by atoms with Crippen molar-refractivity contribution in [3.63, 3.8) is 0 Å². The second-order valence-electron chi connectivity index (χ2n) is 4.60. The summed E-state index contributed by atoms with van der Waals surface area (Å²) in [7, 11) is 3.14. The van der Waals surface area contributed by atoms with Crippen LogP contribution in [0.5, 0.6) is 11.5 Å². The van der Waals surface area contributed by atoms with E-state index < -0.39 is 0 Å². The fourth-order valence-electron chi connectivity index (χ4n) is 2.19. The summed E-state index contributed by atoms with van der Waals surface area (Å²) in [4.78, 5) is 12.1. The smallest absolute Gasteiger partial charge is 0.251 e. The molecule has 1 fully saturated rings. The van der Waals surface area contributed by atoms with Crippen molar-refractivity contribution < 1.29 is 14.3 Å². The first-order valence-electron chi connectivity index (χ1n) is 6.47. The van der Waals surface area contributed by atoms with Crippen LogP contribution < -0.4 is 20.1 Å². The zero-order valence-electron chi connectivity index (χ0n) is 11.8. The van der Waals surface area contributed by atoms with Gasteiger partial charge in [-0.3, -0.25) is 4.79 Å². The normalized spacial score (nSPS) is 17.2. The fourth-order valence-corrected chi connectivity index (χ4v) is 2.19. The van der Waals surface area contributed by atoms with Crippen molar-refractivity contribution in [2.24, 2.45) is 0 Å². The number of halogens is 1. The number of carbonyl (C=O) groups is 1. The van der Waals surface area contributed by atoms with Gasteiger partial charge in [0, 0.05) is 24.2 Å². The minimum absolute atomic E-state index is 0. The number of benzene rings is 1. The van der Waals surface area contributed by atoms with Gasteiger partial charge in [-0.15, -0.1) is 12.4 Å². The second kappa shape index (κ2) is 7.97. The third kappa shape index (κ3) is 4.28. The first-order valence-corrected chi connectivity index (χ1v) is 6.47. The maximum atomic E-state index is 12.1. The Kier molecular flexibility index (Phi) is 6.61. The molecule has 6 heteroatoms. The summed E-state index contributed by atoms with van der Waals surface area (Å²) < 4.78 is 10.3. The Morgan fingerprint density at radius 2 is 1.95 bits per heavy atom. The molecule has 0 radical (unpaired) electrons. The van der Waals surface area contributed by atoms with Crippen molar-refractivity contribution in [1.29, 1.82) is 0 Å². The predicted molar refractivity (Wildman–Crippen MR) is 80.2 cm³/mol. The van der Waals surface area contributed by atoms with Gasteiger partial charge in [-0.05, 0) is 31.5 Å². The molecular weight excluding hydrogens is 280 g/mol. The average molecular weight is 301 g/mol. The number of rotatable bonds is 5. The topological polar surface area (TPSA) is 59.6 Å². The summed E-state index contributed by atoms with van der Waals surface area (Å²) in [6, 6.07) is 5.55. The highest BCUT2D eigenvalue weighted by atomic mass is 35.5. The largest absolute Gasteiger partial charge is 0.497 e. The molecule has 2 rings (SSSR count). The predicted octanol–water partition coefficient (Wildman–Crippen LogP) is 1.61. The van der Waals surface area contributed by atoms with Gasteiger partial charge in [0.2, 0.25) is 0 Å². The third-order valence-corrected chi connectivity index (χ3v) is 3.29. The summed E-state index contributed by atoms with van der Waals surface area (Å²) in [5.74, 6) is 1.12. The number of hydrogen-bond acceptors (Lipinski definition) is 4. The first kappa shape index (κ1) is 16.6. The molecule has 0 bridgehead atoms. The Morgan fingerprint density at radius 1 is 1.30 bits per heavy atom. The van der Waals surface area contributed by atoms with Gasteiger partial charge < -0.3 is 20.1 Å². The molecule has 0 aromatic heterocycles. The van der Waals surface area contributed by atoms with Crippen LogP contribution in [0.15, 0.2) is 18.2 Å². The summed E-state index contributed by atoms with van der Waals surface area (Å²) in [6.07, 6.45) is 2.29. The van der Waals surface area contributed by atoms with Crippen LogP contribution in [-0.2, 0) is 0 Å². The minimum Gasteiger partial charge on any atom is -0.497 e. The molecule has 1 amide bonds. The van der Waals surface area contributed by atoms with Crippen LogP contribution >= 0.6 is 12.4 Å². The van der Waals surface area contributed by atoms with Gasteiger partial charge >= 0.3 is 0 Å². The van der Waals surface area contributed by atoms with Crippen LogP contribution in [-0.4, -0.2) is 39.3 Å². The van der Waals surface area contributed by atoms with Crippen LogP contribution in [0.2, 0.25) is 0 Å². The molecule has 112 valence electrons. The lowest BCUT2D eigenvalue weighted by Gasteiger charge is -2.12. The van der Waals surface area contributed by atoms with E-state index in [0.29, 0.717) is 29.6 Å². The highest BCUT2D eigenvalue weighted by Gasteiger charge is 2.16. The zero-order valence-corrected chi connectivity index (χ0v) is 12.6. The van der Waals surface area contributed by atoms with Gasteiger partial charge in [0.25, 0.3) is 5.91 Å². The number of amides is 1. The van der Waals surface area contributed by atoms with E-state index in [0.717, 1.165) is 13.0 Å². The van der Waals surface area contributed by atoms with E-state index in [1.807, 2.05) is 0 Å². The number of ether oxygens (including phenoxy) is 2. The van der Waals surface area contributed by atoms with Gasteiger partial charge in [0.05, 0.1) is 14.2 Å². The standard InChI is InChI=1S/C14H20N2O3.ClH/c1-18-12-6-10(7-13(8-12)19-2)14(17)16-9-11-4-3-5-15-11;/h6-8,11,15H,3-5,9H2,1-2H3,(H,16,17);1H. The van der Waals surface area contributed by atoms with Crippen LogP contribution in [0, 0.1) is 0 Å². The monoisotopic (exact) mass is 300 g/mol. The first-order chi connectivity index (χ1) is 9.22. The molecule has 1 aliphatic heterocycles. The van der Waals surface area contributed by atoms with Crippen LogP contribution in [0.4, 0.5) is 0 Å². The molecule has 1 heterocycles. The van der Waals surface area contributed by atoms with Crippen molar-refractivity contribution in [1.82, 2.24) is 10.6 Å². The van der Waals surface area contributed by atoms with Crippen LogP contribution in [0.25, 0.3) is 0 Å². The third-order valence-electron chi connectivity index (χ3n) is 3.29. The van der Waals surface area contributed by atoms with E-state index in [1.54, 1.807) is 32.4 Å². The van der Waals surface area contributed by atoms with E-state index in [4.69, 9.17) is 9.47 Å². The Bertz CT molecular complexity index is 426. The van der Waals surface area contributed by atoms with E-state index in [2.05, 4.69) is 10.6 Å². The van der Waals surface area contributed by atoms with E-state index in [9.17, 15) is 4.79 Å². The summed E-state index contributed by atoms with van der Waals surface area (Å²) in [5.41, 5.74) is 0.550. The number of carbonyl (C=O) groups excluding carboxylic acids is 1. The SMILES string of the molecule is COc1cc(OC)cc(C(=O)NCC2CCCN2)c1.Cl. The van der Waals surface area contributed by atoms with Gasteiger partial charge in [-0.1, -0.05) is 0 Å². The van der Waals surface area contributed by atoms with Crippen molar-refractivity contribution >= 4 is 18.3 Å². The Labute approximate surface area is 125 Å². The molecule has 0 spiro atoms. The summed E-state index contributed by atoms with van der Waals surface area (Å²) >= 11 is 0. The molecule has 1 aliphatic rings. The van der Waals surface area contributed by atoms with Gasteiger partial charge in [-0.25, -0.2) is 0 Å². The molecule has 2 N–H and O–H groups in total. The van der Waals surface area contributed by atoms with Crippen LogP contribution in [0.3, 0.4) is 0 Å². The maximum Gasteiger partial charge on any atom is 0.251 e. The van der Waals surface area contributed by atoms with Crippen molar-refractivity contribution in [3.8, 4) is 11.5 Å². The van der Waals surface area contributed by atoms with E-state index >= 15 is 0 Å². The maximum absolute atomic E-state index is 12.1. The Balaban J connectivity index is 0.00000200. The highest BCUT2D eigenvalue weighted by molar-refractivity contribution is 5.95. The molecule has 5 nitrogen and oxygen atoms in total. The molecule has 1 atom stereocenters. The van der Waals surface area contributed by atoms with Crippen molar-refractivity contribution in [2.45, 2.75) is 18.9 Å². The van der Waals surface area contributed by atoms with Crippen LogP contribution in [0.1, 0.15) is 23.2 Å². The molecule has 1 aromatic carbocycles. The zero-order chi connectivity index (χ0) is 13.7. The Morgan fingerprint density at radius 3 is 2.45 bits per heavy atom. The molecule has 1 aromatic rings. The molecule has 1 unspecified atom stereocenters. The lowest BCUT2D eigenvalue weighted by molar-refractivity contribution is 0.0949. The molecule has 20 heavy (non-hydrogen) atoms. The molecule has 0 aliphatic carbocycles. The van der Waals surface area contributed by atoms with Gasteiger partial charge in [0.15, 0.2) is 0 Å². The number of nitrogens with one attached hydrogen (secondary N) is 2. The summed E-state index contributed by atoms with van der Waals surface area (Å²) in [6.45, 7) is 1.69. The second-order valence-corrected chi connectivity index (χ2v) is 4.60. The fraction of sp³-hybridized carbons (Fsp3) is 0.500. The minimum atomic E-state index is -0.106. The van der Waals surface area contributed by atoms with E-state index in [-0.39, 0.29) is 18.3 Å². The van der Waals surface area contributed by atoms with Crippen molar-refractivity contribution in [2.75, 3.05) is 27.3 Å². The highest BCUT2D eigenvalue weighted by Crippen LogP contribution is 2.22. The van der Waals surface area contributed by atoms with E-state index in [1.165, 1.54) is 6.42 Å².